The molecule has 4 rings (SSSR count). The summed E-state index contributed by atoms with van der Waals surface area (Å²) >= 11 is 0. The van der Waals surface area contributed by atoms with Crippen LogP contribution < -0.4 is 16.0 Å². The van der Waals surface area contributed by atoms with Crippen molar-refractivity contribution in [3.8, 4) is 0 Å². The fourth-order valence-electron chi connectivity index (χ4n) is 8.39. The Morgan fingerprint density at radius 2 is 1.52 bits per heavy atom. The minimum atomic E-state index is -1.67. The van der Waals surface area contributed by atoms with Gasteiger partial charge >= 0.3 is 5.97 Å². The van der Waals surface area contributed by atoms with Gasteiger partial charge in [0.1, 0.15) is 42.7 Å². The summed E-state index contributed by atoms with van der Waals surface area (Å²) < 4.78 is 31.0. The molecule has 2 saturated carbocycles. The standard InChI is InChI=1S/C39H67N3O16/c1-6-22-15-23(34(50)40-12-13-41-38(53)39(4,5)18-44)16-24(32(22)58-37-31(49)30(48)28(46)19(2)54-37)56-36-27(42-20(3)45)33(29(47)26(17-43)57-36)55-25(35(51)52)14-21-10-8-7-9-11-21/h19,21-33,36-37,43-44,46-49H,6-18H2,1-5H3,(H,40,50)(H,41,53)(H,42,45)(H,51,52)/t19?,22-,23?,24?,25+,26+,27?,28?,29?,30?,31?,32?,33?,36-,37?/m1/s1. The SMILES string of the molecule is CC[C@@H]1CC(C(=O)NCCNC(=O)C(C)(C)CO)CC(O[C@@H]2O[C@@H](CO)C(O)C(O[C@@H](CC3CCCCC3)C(=O)O)C2NC(C)=O)C1OC1OC(C)C(O)C(O)C1O. The smallest absolute Gasteiger partial charge is 0.332 e. The number of hydrogen-bond donors (Lipinski definition) is 10. The molecule has 4 aliphatic rings. The van der Waals surface area contributed by atoms with Gasteiger partial charge in [-0.15, -0.1) is 0 Å². The van der Waals surface area contributed by atoms with Crippen molar-refractivity contribution < 1.29 is 78.6 Å². The number of aliphatic hydroxyl groups excluding tert-OH is 6. The van der Waals surface area contributed by atoms with Crippen molar-refractivity contribution in [3.63, 3.8) is 0 Å². The highest BCUT2D eigenvalue weighted by Crippen LogP contribution is 2.40. The van der Waals surface area contributed by atoms with Crippen molar-refractivity contribution in [1.82, 2.24) is 16.0 Å². The molecule has 0 spiro atoms. The van der Waals surface area contributed by atoms with Gasteiger partial charge in [-0.1, -0.05) is 45.4 Å². The molecule has 0 bridgehead atoms. The number of carboxylic acid groups (broad SMARTS) is 1. The largest absolute Gasteiger partial charge is 0.479 e. The molecule has 0 aromatic heterocycles. The first kappa shape index (κ1) is 48.1. The average molecular weight is 834 g/mol. The summed E-state index contributed by atoms with van der Waals surface area (Å²) in [6.07, 6.45) is -10.9. The van der Waals surface area contributed by atoms with Crippen LogP contribution in [0.25, 0.3) is 0 Å². The van der Waals surface area contributed by atoms with Gasteiger partial charge in [0.25, 0.3) is 0 Å². The second kappa shape index (κ2) is 21.8. The van der Waals surface area contributed by atoms with Crippen LogP contribution in [0.4, 0.5) is 0 Å². The van der Waals surface area contributed by atoms with E-state index in [4.69, 9.17) is 23.7 Å². The van der Waals surface area contributed by atoms with Gasteiger partial charge < -0.3 is 75.4 Å². The molecule has 11 unspecified atom stereocenters. The monoisotopic (exact) mass is 833 g/mol. The Bertz CT molecular complexity index is 1350. The van der Waals surface area contributed by atoms with E-state index in [1.54, 1.807) is 13.8 Å². The minimum absolute atomic E-state index is 0.0234. The van der Waals surface area contributed by atoms with Crippen LogP contribution in [0, 0.1) is 23.2 Å². The summed E-state index contributed by atoms with van der Waals surface area (Å²) in [5.41, 5.74) is -1.02. The molecule has 58 heavy (non-hydrogen) atoms. The molecule has 15 atom stereocenters. The molecule has 2 aliphatic carbocycles. The number of hydrogen-bond acceptors (Lipinski definition) is 15. The minimum Gasteiger partial charge on any atom is -0.479 e. The highest BCUT2D eigenvalue weighted by atomic mass is 16.7. The summed E-state index contributed by atoms with van der Waals surface area (Å²) in [5, 5.41) is 81.5. The van der Waals surface area contributed by atoms with Crippen molar-refractivity contribution in [2.45, 2.75) is 172 Å². The molecule has 2 heterocycles. The zero-order valence-corrected chi connectivity index (χ0v) is 34.2. The number of aliphatic carboxylic acids is 1. The fraction of sp³-hybridized carbons (Fsp3) is 0.897. The van der Waals surface area contributed by atoms with Crippen molar-refractivity contribution in [2.24, 2.45) is 23.2 Å². The van der Waals surface area contributed by atoms with Gasteiger partial charge in [0, 0.05) is 25.9 Å². The van der Waals surface area contributed by atoms with E-state index in [1.807, 2.05) is 6.92 Å². The number of amides is 3. The van der Waals surface area contributed by atoms with Crippen molar-refractivity contribution >= 4 is 23.7 Å². The zero-order chi connectivity index (χ0) is 42.9. The van der Waals surface area contributed by atoms with Gasteiger partial charge in [-0.05, 0) is 51.9 Å². The molecular formula is C39H67N3O16. The van der Waals surface area contributed by atoms with Crippen LogP contribution in [-0.2, 0) is 42.9 Å². The maximum Gasteiger partial charge on any atom is 0.332 e. The second-order valence-electron chi connectivity index (χ2n) is 17.0. The zero-order valence-electron chi connectivity index (χ0n) is 34.2. The van der Waals surface area contributed by atoms with E-state index in [0.717, 1.165) is 32.1 Å². The highest BCUT2D eigenvalue weighted by Gasteiger charge is 2.53. The molecule has 2 saturated heterocycles. The average Bonchev–Trinajstić information content (AvgIpc) is 3.19. The molecule has 19 nitrogen and oxygen atoms in total. The number of carbonyl (C=O) groups is 4. The predicted molar refractivity (Wildman–Crippen MR) is 202 cm³/mol. The molecule has 334 valence electrons. The van der Waals surface area contributed by atoms with Crippen molar-refractivity contribution in [3.05, 3.63) is 0 Å². The van der Waals surface area contributed by atoms with E-state index in [1.165, 1.54) is 13.8 Å². The highest BCUT2D eigenvalue weighted by molar-refractivity contribution is 5.82. The van der Waals surface area contributed by atoms with Crippen LogP contribution in [0.3, 0.4) is 0 Å². The summed E-state index contributed by atoms with van der Waals surface area (Å²) in [6.45, 7) is 6.80. The summed E-state index contributed by atoms with van der Waals surface area (Å²) in [6, 6.07) is -1.32. The molecule has 0 aromatic rings. The van der Waals surface area contributed by atoms with E-state index in [-0.39, 0.29) is 56.7 Å². The lowest BCUT2D eigenvalue weighted by Gasteiger charge is -2.49. The number of nitrogens with one attached hydrogen (secondary N) is 3. The van der Waals surface area contributed by atoms with Gasteiger partial charge in [0.15, 0.2) is 18.7 Å². The number of carbonyl (C=O) groups excluding carboxylic acids is 3. The first-order valence-electron chi connectivity index (χ1n) is 20.7. The van der Waals surface area contributed by atoms with Crippen molar-refractivity contribution in [2.75, 3.05) is 26.3 Å². The van der Waals surface area contributed by atoms with Crippen LogP contribution in [0.1, 0.15) is 92.4 Å². The van der Waals surface area contributed by atoms with Gasteiger partial charge in [0.05, 0.1) is 36.9 Å². The summed E-state index contributed by atoms with van der Waals surface area (Å²) in [4.78, 5) is 51.4. The third-order valence-electron chi connectivity index (χ3n) is 12.1. The van der Waals surface area contributed by atoms with Gasteiger partial charge in [-0.2, -0.15) is 0 Å². The maximum absolute atomic E-state index is 13.7. The molecule has 0 aromatic carbocycles. The fourth-order valence-corrected chi connectivity index (χ4v) is 8.39. The Labute approximate surface area is 339 Å². The molecule has 2 aliphatic heterocycles. The molecule has 0 radical (unpaired) electrons. The molecule has 19 heteroatoms. The van der Waals surface area contributed by atoms with Crippen LogP contribution >= 0.6 is 0 Å². The molecule has 4 fully saturated rings. The number of rotatable bonds is 18. The molecule has 10 N–H and O–H groups in total. The Hall–Kier alpha value is -2.56. The van der Waals surface area contributed by atoms with Crippen LogP contribution in [-0.4, -0.2) is 165 Å². The number of ether oxygens (including phenoxy) is 5. The number of aliphatic hydroxyl groups is 6. The third-order valence-corrected chi connectivity index (χ3v) is 12.1. The van der Waals surface area contributed by atoms with Crippen LogP contribution in [0.2, 0.25) is 0 Å². The lowest BCUT2D eigenvalue weighted by Crippen LogP contribution is -2.67. The van der Waals surface area contributed by atoms with Gasteiger partial charge in [-0.25, -0.2) is 4.79 Å². The Morgan fingerprint density at radius 1 is 0.845 bits per heavy atom. The maximum atomic E-state index is 13.7. The van der Waals surface area contributed by atoms with E-state index >= 15 is 0 Å². The van der Waals surface area contributed by atoms with E-state index in [0.29, 0.717) is 6.42 Å². The summed E-state index contributed by atoms with van der Waals surface area (Å²) in [7, 11) is 0. The molecule has 3 amide bonds. The first-order valence-corrected chi connectivity index (χ1v) is 20.7. The first-order chi connectivity index (χ1) is 27.4. The van der Waals surface area contributed by atoms with Gasteiger partial charge in [0.2, 0.25) is 17.7 Å². The normalized spacial score (nSPS) is 36.7. The molecular weight excluding hydrogens is 766 g/mol. The number of carboxylic acids is 1. The lowest BCUT2D eigenvalue weighted by molar-refractivity contribution is -0.338. The summed E-state index contributed by atoms with van der Waals surface area (Å²) in [5.74, 6) is -3.68. The van der Waals surface area contributed by atoms with E-state index in [2.05, 4.69) is 16.0 Å². The second-order valence-corrected chi connectivity index (χ2v) is 17.0. The van der Waals surface area contributed by atoms with Crippen molar-refractivity contribution in [1.29, 1.82) is 0 Å². The van der Waals surface area contributed by atoms with Crippen LogP contribution in [0.5, 0.6) is 0 Å². The lowest BCUT2D eigenvalue weighted by atomic mass is 9.75. The Morgan fingerprint density at radius 3 is 2.12 bits per heavy atom. The third kappa shape index (κ3) is 12.3. The van der Waals surface area contributed by atoms with E-state index in [9.17, 15) is 54.9 Å². The topological polar surface area (TPSA) is 292 Å². The van der Waals surface area contributed by atoms with Crippen LogP contribution in [0.15, 0.2) is 0 Å². The van der Waals surface area contributed by atoms with E-state index < -0.39 is 115 Å². The van der Waals surface area contributed by atoms with Gasteiger partial charge in [-0.3, -0.25) is 14.4 Å². The Balaban J connectivity index is 1.63. The Kier molecular flexibility index (Phi) is 18.1. The quantitative estimate of drug-likeness (QED) is 0.0716. The predicted octanol–water partition coefficient (Wildman–Crippen LogP) is -1.34.